The molecule has 19 heavy (non-hydrogen) atoms. The third-order valence-corrected chi connectivity index (χ3v) is 3.31. The van der Waals surface area contributed by atoms with Crippen LogP contribution < -0.4 is 0 Å². The normalized spacial score (nSPS) is 21.8. The zero-order chi connectivity index (χ0) is 14.6. The van der Waals surface area contributed by atoms with Gasteiger partial charge in [-0.15, -0.1) is 0 Å². The van der Waals surface area contributed by atoms with Crippen molar-refractivity contribution >= 4 is 17.8 Å². The smallest absolute Gasteiger partial charge is 0.307 e. The van der Waals surface area contributed by atoms with Crippen LogP contribution >= 0.6 is 0 Å². The lowest BCUT2D eigenvalue weighted by molar-refractivity contribution is -0.151. The van der Waals surface area contributed by atoms with Crippen molar-refractivity contribution < 1.29 is 19.5 Å². The zero-order valence-electron chi connectivity index (χ0n) is 11.5. The van der Waals surface area contributed by atoms with E-state index in [9.17, 15) is 14.4 Å². The molecule has 6 heteroatoms. The number of carbonyl (C=O) groups is 3. The molecule has 0 bridgehead atoms. The maximum atomic E-state index is 12.2. The van der Waals surface area contributed by atoms with Gasteiger partial charge in [-0.1, -0.05) is 12.2 Å². The number of hydrogen-bond acceptors (Lipinski definition) is 3. The molecule has 0 heterocycles. The Balaban J connectivity index is 2.72. The fourth-order valence-corrected chi connectivity index (χ4v) is 2.07. The molecular weight excluding hydrogens is 248 g/mol. The van der Waals surface area contributed by atoms with Crippen LogP contribution in [0.25, 0.3) is 0 Å². The average molecular weight is 268 g/mol. The van der Waals surface area contributed by atoms with Crippen molar-refractivity contribution in [3.8, 4) is 0 Å². The fraction of sp³-hybridized carbons (Fsp3) is 0.615. The summed E-state index contributed by atoms with van der Waals surface area (Å²) in [6, 6.07) is 0. The molecule has 0 saturated carbocycles. The van der Waals surface area contributed by atoms with E-state index in [0.29, 0.717) is 12.8 Å². The summed E-state index contributed by atoms with van der Waals surface area (Å²) in [4.78, 5) is 37.6. The van der Waals surface area contributed by atoms with Crippen molar-refractivity contribution in [3.05, 3.63) is 12.2 Å². The summed E-state index contributed by atoms with van der Waals surface area (Å²) < 4.78 is 0. The molecule has 0 radical (unpaired) electrons. The van der Waals surface area contributed by atoms with Gasteiger partial charge in [-0.25, -0.2) is 0 Å². The van der Waals surface area contributed by atoms with Gasteiger partial charge in [-0.3, -0.25) is 14.4 Å². The van der Waals surface area contributed by atoms with Crippen LogP contribution in [0.4, 0.5) is 0 Å². The molecule has 0 aromatic rings. The van der Waals surface area contributed by atoms with E-state index < -0.39 is 17.8 Å². The molecule has 0 aromatic carbocycles. The topological polar surface area (TPSA) is 77.9 Å². The number of allylic oxidation sites excluding steroid dienone is 2. The summed E-state index contributed by atoms with van der Waals surface area (Å²) in [7, 11) is 4.76. The van der Waals surface area contributed by atoms with Crippen molar-refractivity contribution in [2.45, 2.75) is 12.8 Å². The van der Waals surface area contributed by atoms with Gasteiger partial charge in [0.15, 0.2) is 0 Å². The molecule has 0 spiro atoms. The zero-order valence-corrected chi connectivity index (χ0v) is 11.5. The minimum Gasteiger partial charge on any atom is -0.481 e. The summed E-state index contributed by atoms with van der Waals surface area (Å²) in [5, 5.41) is 9.13. The second-order valence-corrected chi connectivity index (χ2v) is 4.98. The Bertz CT molecular complexity index is 403. The van der Waals surface area contributed by atoms with Crippen LogP contribution in [0.5, 0.6) is 0 Å². The lowest BCUT2D eigenvalue weighted by atomic mass is 9.82. The Morgan fingerprint density at radius 1 is 1.11 bits per heavy atom. The first-order valence-corrected chi connectivity index (χ1v) is 6.17. The molecular formula is C13H20N2O4. The van der Waals surface area contributed by atoms with Crippen LogP contribution in [-0.2, 0) is 14.4 Å². The highest BCUT2D eigenvalue weighted by atomic mass is 16.4. The highest BCUT2D eigenvalue weighted by Gasteiger charge is 2.35. The summed E-state index contributed by atoms with van der Waals surface area (Å²) in [5.74, 6) is -2.71. The molecule has 0 aromatic heterocycles. The predicted molar refractivity (Wildman–Crippen MR) is 69.3 cm³/mol. The Labute approximate surface area is 112 Å². The van der Waals surface area contributed by atoms with E-state index in [2.05, 4.69) is 0 Å². The van der Waals surface area contributed by atoms with Gasteiger partial charge in [-0.2, -0.15) is 0 Å². The van der Waals surface area contributed by atoms with Gasteiger partial charge in [0.05, 0.1) is 18.4 Å². The molecule has 1 aliphatic carbocycles. The highest BCUT2D eigenvalue weighted by molar-refractivity contribution is 5.88. The number of amides is 2. The van der Waals surface area contributed by atoms with Crippen molar-refractivity contribution in [3.63, 3.8) is 0 Å². The summed E-state index contributed by atoms with van der Waals surface area (Å²) >= 11 is 0. The van der Waals surface area contributed by atoms with E-state index in [-0.39, 0.29) is 18.4 Å². The molecule has 1 N–H and O–H groups in total. The maximum absolute atomic E-state index is 12.2. The van der Waals surface area contributed by atoms with Gasteiger partial charge < -0.3 is 14.9 Å². The number of carbonyl (C=O) groups excluding carboxylic acids is 2. The van der Waals surface area contributed by atoms with Crippen LogP contribution in [0.1, 0.15) is 12.8 Å². The number of rotatable bonds is 4. The molecule has 0 saturated heterocycles. The van der Waals surface area contributed by atoms with Gasteiger partial charge in [0.1, 0.15) is 0 Å². The Hall–Kier alpha value is -1.85. The minimum absolute atomic E-state index is 0.0294. The van der Waals surface area contributed by atoms with Gasteiger partial charge in [-0.05, 0) is 12.8 Å². The molecule has 106 valence electrons. The molecule has 0 fully saturated rings. The summed E-state index contributed by atoms with van der Waals surface area (Å²) in [5.41, 5.74) is 0. The quantitative estimate of drug-likeness (QED) is 0.739. The van der Waals surface area contributed by atoms with E-state index in [1.807, 2.05) is 6.08 Å². The molecule has 1 aliphatic rings. The molecule has 6 nitrogen and oxygen atoms in total. The SMILES string of the molecule is CN(C)C(=O)CN(C)C(=O)C1CC=CCC1C(=O)O. The number of carboxylic acid groups (broad SMARTS) is 1. The molecule has 2 unspecified atom stereocenters. The molecule has 2 amide bonds. The van der Waals surface area contributed by atoms with Gasteiger partial charge in [0.2, 0.25) is 11.8 Å². The summed E-state index contributed by atoms with van der Waals surface area (Å²) in [6.45, 7) is -0.0294. The molecule has 2 atom stereocenters. The number of aliphatic carboxylic acids is 1. The largest absolute Gasteiger partial charge is 0.481 e. The van der Waals surface area contributed by atoms with Crippen molar-refractivity contribution in [2.24, 2.45) is 11.8 Å². The predicted octanol–water partition coefficient (Wildman–Crippen LogP) is 0.200. The second kappa shape index (κ2) is 6.36. The highest BCUT2D eigenvalue weighted by Crippen LogP contribution is 2.27. The van der Waals surface area contributed by atoms with Crippen LogP contribution in [0.3, 0.4) is 0 Å². The monoisotopic (exact) mass is 268 g/mol. The van der Waals surface area contributed by atoms with Crippen LogP contribution in [-0.4, -0.2) is 60.4 Å². The van der Waals surface area contributed by atoms with Crippen LogP contribution in [0.15, 0.2) is 12.2 Å². The van der Waals surface area contributed by atoms with Crippen molar-refractivity contribution in [1.82, 2.24) is 9.80 Å². The van der Waals surface area contributed by atoms with Gasteiger partial charge in [0, 0.05) is 21.1 Å². The minimum atomic E-state index is -0.963. The summed E-state index contributed by atoms with van der Waals surface area (Å²) in [6.07, 6.45) is 4.38. The molecule has 1 rings (SSSR count). The number of nitrogens with zero attached hydrogens (tertiary/aromatic N) is 2. The van der Waals surface area contributed by atoms with E-state index in [1.54, 1.807) is 20.2 Å². The van der Waals surface area contributed by atoms with Crippen LogP contribution in [0.2, 0.25) is 0 Å². The van der Waals surface area contributed by atoms with Gasteiger partial charge >= 0.3 is 5.97 Å². The lowest BCUT2D eigenvalue weighted by Crippen LogP contribution is -2.44. The molecule has 0 aliphatic heterocycles. The first-order chi connectivity index (χ1) is 8.84. The van der Waals surface area contributed by atoms with E-state index in [0.717, 1.165) is 0 Å². The standard InChI is InChI=1S/C13H20N2O4/c1-14(2)11(16)8-15(3)12(17)9-6-4-5-7-10(9)13(18)19/h4-5,9-10H,6-8H2,1-3H3,(H,18,19). The first kappa shape index (κ1) is 15.2. The third kappa shape index (κ3) is 3.81. The van der Waals surface area contributed by atoms with E-state index in [1.165, 1.54) is 16.8 Å². The van der Waals surface area contributed by atoms with Gasteiger partial charge in [0.25, 0.3) is 0 Å². The third-order valence-electron chi connectivity index (χ3n) is 3.31. The Morgan fingerprint density at radius 2 is 1.63 bits per heavy atom. The number of hydrogen-bond donors (Lipinski definition) is 1. The maximum Gasteiger partial charge on any atom is 0.307 e. The second-order valence-electron chi connectivity index (χ2n) is 4.98. The number of carboxylic acids is 1. The van der Waals surface area contributed by atoms with Crippen LogP contribution in [0, 0.1) is 11.8 Å². The lowest BCUT2D eigenvalue weighted by Gasteiger charge is -2.28. The van der Waals surface area contributed by atoms with E-state index >= 15 is 0 Å². The Kier molecular flexibility index (Phi) is 5.09. The fourth-order valence-electron chi connectivity index (χ4n) is 2.07. The number of likely N-dealkylation sites (N-methyl/N-ethyl adjacent to an activating group) is 2. The van der Waals surface area contributed by atoms with E-state index in [4.69, 9.17) is 5.11 Å². The average Bonchev–Trinajstić information content (AvgIpc) is 2.37. The van der Waals surface area contributed by atoms with Crippen molar-refractivity contribution in [1.29, 1.82) is 0 Å². The first-order valence-electron chi connectivity index (χ1n) is 6.17. The Morgan fingerprint density at radius 3 is 2.11 bits per heavy atom. The van der Waals surface area contributed by atoms with Crippen molar-refractivity contribution in [2.75, 3.05) is 27.7 Å².